The molecule has 1 unspecified atom stereocenters. The first-order valence-electron chi connectivity index (χ1n) is 6.94. The molecule has 1 heterocycles. The van der Waals surface area contributed by atoms with Crippen molar-refractivity contribution in [2.75, 3.05) is 0 Å². The molecule has 0 aliphatic rings. The van der Waals surface area contributed by atoms with Gasteiger partial charge in [0.1, 0.15) is 5.82 Å². The van der Waals surface area contributed by atoms with Crippen molar-refractivity contribution in [3.8, 4) is 0 Å². The van der Waals surface area contributed by atoms with Crippen LogP contribution >= 0.6 is 34.7 Å². The maximum Gasteiger partial charge on any atom is 0.288 e. The smallest absolute Gasteiger partial charge is 0.288 e. The quantitative estimate of drug-likeness (QED) is 0.453. The molecule has 128 valence electrons. The predicted molar refractivity (Wildman–Crippen MR) is 100 cm³/mol. The minimum absolute atomic E-state index is 0.121. The Morgan fingerprint density at radius 3 is 2.58 bits per heavy atom. The highest BCUT2D eigenvalue weighted by atomic mass is 35.5. The third kappa shape index (κ3) is 4.72. The van der Waals surface area contributed by atoms with E-state index in [9.17, 15) is 8.78 Å². The van der Waals surface area contributed by atoms with Crippen LogP contribution in [0.1, 0.15) is 18.5 Å². The summed E-state index contributed by atoms with van der Waals surface area (Å²) in [5.74, 6) is -1.91. The first-order valence-corrected chi connectivity index (χ1v) is 9.08. The normalized spacial score (nSPS) is 14.2. The second kappa shape index (κ2) is 8.50. The molecule has 24 heavy (non-hydrogen) atoms. The molecule has 8 heteroatoms. The van der Waals surface area contributed by atoms with E-state index in [2.05, 4.69) is 16.9 Å². The maximum atomic E-state index is 12.4. The number of nitrogens with zero attached hydrogens (tertiary/aromatic N) is 1. The average molecular weight is 388 g/mol. The lowest BCUT2D eigenvalue weighted by molar-refractivity contribution is 0.252. The number of nitrogens with one attached hydrogen (secondary N) is 1. The molecule has 1 aromatic carbocycles. The molecule has 3 nitrogen and oxygen atoms in total. The van der Waals surface area contributed by atoms with Crippen LogP contribution in [0.4, 0.5) is 8.78 Å². The van der Waals surface area contributed by atoms with Crippen molar-refractivity contribution in [3.05, 3.63) is 50.0 Å². The third-order valence-corrected chi connectivity index (χ3v) is 5.21. The highest BCUT2D eigenvalue weighted by molar-refractivity contribution is 7.99. The molecule has 0 radical (unpaired) electrons. The minimum Gasteiger partial charge on any atom is -0.390 e. The summed E-state index contributed by atoms with van der Waals surface area (Å²) in [6.07, 6.45) is 1.19. The lowest BCUT2D eigenvalue weighted by Crippen LogP contribution is -2.29. The van der Waals surface area contributed by atoms with E-state index in [1.807, 2.05) is 6.92 Å². The summed E-state index contributed by atoms with van der Waals surface area (Å²) < 4.78 is 25.5. The van der Waals surface area contributed by atoms with E-state index in [-0.39, 0.29) is 6.04 Å². The Labute approximate surface area is 151 Å². The number of halogens is 3. The largest absolute Gasteiger partial charge is 0.390 e. The van der Waals surface area contributed by atoms with Crippen LogP contribution < -0.4 is 20.8 Å². The molecule has 0 bridgehead atoms. The van der Waals surface area contributed by atoms with Gasteiger partial charge in [0.05, 0.1) is 16.6 Å². The van der Waals surface area contributed by atoms with Crippen molar-refractivity contribution in [1.29, 1.82) is 0 Å². The van der Waals surface area contributed by atoms with Gasteiger partial charge in [-0.05, 0) is 24.6 Å². The Balaban J connectivity index is 2.28. The number of thioether (sulfide) groups is 1. The number of rotatable bonds is 6. The van der Waals surface area contributed by atoms with Crippen LogP contribution in [0.2, 0.25) is 5.02 Å². The standard InChI is InChI=1S/C16H16ClF2N3S2/c1-9(11-3-5-12(6-4-11)24-16(18)19)22-15(21-8-20)14-10(2)23-7-13(14)17/h3-9,16,22H,2H2,1H3,(H2,20,21)/b15-14-. The summed E-state index contributed by atoms with van der Waals surface area (Å²) >= 11 is 8.14. The number of aliphatic imine (C=N–C) groups is 1. The SMILES string of the molecule is C=c1scc(Cl)/c1=C(/N=CN)NC(C)c1ccc(SC(F)F)cc1. The van der Waals surface area contributed by atoms with Crippen LogP contribution in [0.25, 0.3) is 12.4 Å². The molecule has 3 N–H and O–H groups in total. The molecular formula is C16H16ClF2N3S2. The molecule has 1 atom stereocenters. The molecule has 2 rings (SSSR count). The highest BCUT2D eigenvalue weighted by Crippen LogP contribution is 2.26. The molecule has 2 aromatic rings. The Hall–Kier alpha value is -1.57. The molecule has 0 aliphatic carbocycles. The van der Waals surface area contributed by atoms with Crippen LogP contribution in [0, 0.1) is 0 Å². The fraction of sp³-hybridized carbons (Fsp3) is 0.188. The van der Waals surface area contributed by atoms with Crippen LogP contribution in [0.5, 0.6) is 0 Å². The fourth-order valence-corrected chi connectivity index (χ4v) is 3.67. The summed E-state index contributed by atoms with van der Waals surface area (Å²) in [6, 6.07) is 6.81. The molecule has 0 fully saturated rings. The second-order valence-electron chi connectivity index (χ2n) is 4.82. The van der Waals surface area contributed by atoms with E-state index in [1.54, 1.807) is 29.6 Å². The van der Waals surface area contributed by atoms with Crippen LogP contribution in [-0.4, -0.2) is 12.1 Å². The molecule has 1 aromatic heterocycles. The lowest BCUT2D eigenvalue weighted by atomic mass is 10.1. The minimum atomic E-state index is -2.43. The summed E-state index contributed by atoms with van der Waals surface area (Å²) in [4.78, 5) is 4.67. The number of thiophene rings is 1. The molecule has 0 amide bonds. The van der Waals surface area contributed by atoms with Gasteiger partial charge in [0.15, 0.2) is 0 Å². The zero-order chi connectivity index (χ0) is 17.7. The monoisotopic (exact) mass is 387 g/mol. The van der Waals surface area contributed by atoms with Gasteiger partial charge < -0.3 is 11.1 Å². The fourth-order valence-electron chi connectivity index (χ4n) is 2.09. The Morgan fingerprint density at radius 1 is 1.42 bits per heavy atom. The van der Waals surface area contributed by atoms with Gasteiger partial charge in [-0.2, -0.15) is 8.78 Å². The van der Waals surface area contributed by atoms with Gasteiger partial charge in [0, 0.05) is 20.8 Å². The Bertz CT molecular complexity index is 819. The second-order valence-corrected chi connectivity index (χ2v) is 7.26. The lowest BCUT2D eigenvalue weighted by Gasteiger charge is -2.16. The van der Waals surface area contributed by atoms with Crippen LogP contribution in [0.15, 0.2) is 39.5 Å². The van der Waals surface area contributed by atoms with E-state index in [0.717, 1.165) is 10.1 Å². The average Bonchev–Trinajstić information content (AvgIpc) is 2.86. The Morgan fingerprint density at radius 2 is 2.08 bits per heavy atom. The number of benzene rings is 1. The molecule has 0 spiro atoms. The summed E-state index contributed by atoms with van der Waals surface area (Å²) in [5.41, 5.74) is 6.36. The zero-order valence-electron chi connectivity index (χ0n) is 12.8. The van der Waals surface area contributed by atoms with Crippen LogP contribution in [-0.2, 0) is 0 Å². The summed E-state index contributed by atoms with van der Waals surface area (Å²) in [5, 5.41) is 6.29. The number of nitrogens with two attached hydrogens (primary N) is 1. The van der Waals surface area contributed by atoms with E-state index in [4.69, 9.17) is 17.3 Å². The molecule has 0 saturated heterocycles. The maximum absolute atomic E-state index is 12.4. The van der Waals surface area contributed by atoms with Gasteiger partial charge in [-0.15, -0.1) is 11.3 Å². The topological polar surface area (TPSA) is 50.4 Å². The van der Waals surface area contributed by atoms with E-state index in [0.29, 0.717) is 32.7 Å². The summed E-state index contributed by atoms with van der Waals surface area (Å²) in [6.45, 7) is 5.88. The van der Waals surface area contributed by atoms with Gasteiger partial charge in [-0.25, -0.2) is 4.99 Å². The molecule has 0 saturated carbocycles. The van der Waals surface area contributed by atoms with Crippen molar-refractivity contribution in [2.45, 2.75) is 23.6 Å². The number of alkyl halides is 2. The first kappa shape index (κ1) is 18.8. The van der Waals surface area contributed by atoms with Gasteiger partial charge >= 0.3 is 0 Å². The van der Waals surface area contributed by atoms with Crippen molar-refractivity contribution in [1.82, 2.24) is 5.32 Å². The Kier molecular flexibility index (Phi) is 6.65. The van der Waals surface area contributed by atoms with Crippen molar-refractivity contribution in [2.24, 2.45) is 10.7 Å². The van der Waals surface area contributed by atoms with Crippen molar-refractivity contribution < 1.29 is 8.78 Å². The van der Waals surface area contributed by atoms with Crippen molar-refractivity contribution >= 4 is 53.4 Å². The molecule has 0 aliphatic heterocycles. The van der Waals surface area contributed by atoms with Crippen LogP contribution in [0.3, 0.4) is 0 Å². The van der Waals surface area contributed by atoms with Gasteiger partial charge in [-0.1, -0.05) is 42.1 Å². The molecular weight excluding hydrogens is 372 g/mol. The third-order valence-electron chi connectivity index (χ3n) is 3.22. The van der Waals surface area contributed by atoms with Crippen molar-refractivity contribution in [3.63, 3.8) is 0 Å². The van der Waals surface area contributed by atoms with E-state index in [1.165, 1.54) is 17.7 Å². The number of hydrogen-bond donors (Lipinski definition) is 2. The van der Waals surface area contributed by atoms with Gasteiger partial charge in [0.2, 0.25) is 0 Å². The predicted octanol–water partition coefficient (Wildman–Crippen LogP) is 3.53. The van der Waals surface area contributed by atoms with E-state index >= 15 is 0 Å². The zero-order valence-corrected chi connectivity index (χ0v) is 15.2. The van der Waals surface area contributed by atoms with E-state index < -0.39 is 5.76 Å². The summed E-state index contributed by atoms with van der Waals surface area (Å²) in [7, 11) is 0. The first-order chi connectivity index (χ1) is 11.4. The highest BCUT2D eigenvalue weighted by Gasteiger charge is 2.11. The van der Waals surface area contributed by atoms with Gasteiger partial charge in [-0.3, -0.25) is 0 Å². The van der Waals surface area contributed by atoms with Gasteiger partial charge in [0.25, 0.3) is 5.76 Å². The number of hydrogen-bond acceptors (Lipinski definition) is 4.